The number of hydrazone groups is 1. The SMILES string of the molecule is Cc1ccc(COc2ccccc2-c2cc(C(=O)NN=Cc3c[nH]c4ccccc34)[nH]n2)cc1. The average Bonchev–Trinajstić information content (AvgIpc) is 3.52. The van der Waals surface area contributed by atoms with Crippen molar-refractivity contribution in [1.82, 2.24) is 20.6 Å². The molecule has 0 aliphatic heterocycles. The number of carbonyl (C=O) groups excluding carboxylic acids is 1. The van der Waals surface area contributed by atoms with Gasteiger partial charge in [-0.3, -0.25) is 9.89 Å². The molecule has 34 heavy (non-hydrogen) atoms. The summed E-state index contributed by atoms with van der Waals surface area (Å²) in [7, 11) is 0. The minimum atomic E-state index is -0.382. The molecule has 5 aromatic rings. The lowest BCUT2D eigenvalue weighted by atomic mass is 10.1. The van der Waals surface area contributed by atoms with E-state index in [0.717, 1.165) is 27.6 Å². The lowest BCUT2D eigenvalue weighted by Gasteiger charge is -2.10. The summed E-state index contributed by atoms with van der Waals surface area (Å²) in [5.41, 5.74) is 8.45. The number of hydrogen-bond acceptors (Lipinski definition) is 4. The molecule has 0 aliphatic rings. The monoisotopic (exact) mass is 449 g/mol. The molecule has 0 unspecified atom stereocenters. The van der Waals surface area contributed by atoms with E-state index < -0.39 is 0 Å². The van der Waals surface area contributed by atoms with Crippen molar-refractivity contribution in [3.8, 4) is 17.0 Å². The molecule has 0 fully saturated rings. The van der Waals surface area contributed by atoms with Crippen molar-refractivity contribution in [2.24, 2.45) is 5.10 Å². The zero-order valence-corrected chi connectivity index (χ0v) is 18.6. The largest absolute Gasteiger partial charge is 0.488 e. The number of carbonyl (C=O) groups is 1. The van der Waals surface area contributed by atoms with Crippen LogP contribution in [0.15, 0.2) is 90.2 Å². The molecule has 1 amide bonds. The molecular formula is C27H23N5O2. The maximum Gasteiger partial charge on any atom is 0.289 e. The highest BCUT2D eigenvalue weighted by Crippen LogP contribution is 2.29. The maximum atomic E-state index is 12.6. The summed E-state index contributed by atoms with van der Waals surface area (Å²) >= 11 is 0. The highest BCUT2D eigenvalue weighted by Gasteiger charge is 2.14. The Hall–Kier alpha value is -4.65. The van der Waals surface area contributed by atoms with Gasteiger partial charge in [-0.05, 0) is 36.8 Å². The lowest BCUT2D eigenvalue weighted by Crippen LogP contribution is -2.17. The summed E-state index contributed by atoms with van der Waals surface area (Å²) in [6, 6.07) is 25.4. The van der Waals surface area contributed by atoms with Crippen molar-refractivity contribution in [3.63, 3.8) is 0 Å². The van der Waals surface area contributed by atoms with Crippen molar-refractivity contribution < 1.29 is 9.53 Å². The Morgan fingerprint density at radius 1 is 1.06 bits per heavy atom. The molecule has 3 N–H and O–H groups in total. The van der Waals surface area contributed by atoms with E-state index in [1.807, 2.05) is 66.9 Å². The smallest absolute Gasteiger partial charge is 0.289 e. The Labute approximate surface area is 196 Å². The van der Waals surface area contributed by atoms with Gasteiger partial charge in [0, 0.05) is 28.2 Å². The highest BCUT2D eigenvalue weighted by atomic mass is 16.5. The van der Waals surface area contributed by atoms with Crippen LogP contribution >= 0.6 is 0 Å². The van der Waals surface area contributed by atoms with Gasteiger partial charge in [-0.2, -0.15) is 10.2 Å². The van der Waals surface area contributed by atoms with Gasteiger partial charge in [-0.15, -0.1) is 0 Å². The maximum absolute atomic E-state index is 12.6. The minimum absolute atomic E-state index is 0.305. The summed E-state index contributed by atoms with van der Waals surface area (Å²) in [5, 5.41) is 12.2. The van der Waals surface area contributed by atoms with Gasteiger partial charge >= 0.3 is 0 Å². The van der Waals surface area contributed by atoms with E-state index >= 15 is 0 Å². The van der Waals surface area contributed by atoms with Crippen LogP contribution in [0.5, 0.6) is 5.75 Å². The normalized spacial score (nSPS) is 11.2. The van der Waals surface area contributed by atoms with Gasteiger partial charge in [0.05, 0.1) is 11.9 Å². The highest BCUT2D eigenvalue weighted by molar-refractivity contribution is 6.00. The van der Waals surface area contributed by atoms with Crippen LogP contribution in [0.3, 0.4) is 0 Å². The number of ether oxygens (including phenoxy) is 1. The molecule has 0 saturated heterocycles. The second-order valence-corrected chi connectivity index (χ2v) is 7.93. The van der Waals surface area contributed by atoms with E-state index in [-0.39, 0.29) is 5.91 Å². The van der Waals surface area contributed by atoms with Crippen LogP contribution in [0, 0.1) is 6.92 Å². The van der Waals surface area contributed by atoms with E-state index in [1.54, 1.807) is 12.3 Å². The van der Waals surface area contributed by atoms with Crippen LogP contribution in [0.4, 0.5) is 0 Å². The molecule has 0 spiro atoms. The summed E-state index contributed by atoms with van der Waals surface area (Å²) in [5.74, 6) is 0.312. The van der Waals surface area contributed by atoms with Crippen molar-refractivity contribution in [2.45, 2.75) is 13.5 Å². The minimum Gasteiger partial charge on any atom is -0.488 e. The molecule has 7 nitrogen and oxygen atoms in total. The number of nitrogens with zero attached hydrogens (tertiary/aromatic N) is 2. The van der Waals surface area contributed by atoms with E-state index in [9.17, 15) is 4.79 Å². The van der Waals surface area contributed by atoms with Crippen LogP contribution in [-0.4, -0.2) is 27.3 Å². The quantitative estimate of drug-likeness (QED) is 0.235. The molecule has 168 valence electrons. The first-order valence-corrected chi connectivity index (χ1v) is 10.9. The number of aromatic nitrogens is 3. The Morgan fingerprint density at radius 2 is 1.85 bits per heavy atom. The van der Waals surface area contributed by atoms with E-state index in [1.165, 1.54) is 5.56 Å². The number of aryl methyl sites for hydroxylation is 1. The molecule has 0 bridgehead atoms. The van der Waals surface area contributed by atoms with E-state index in [2.05, 4.69) is 44.8 Å². The molecular weight excluding hydrogens is 426 g/mol. The fraction of sp³-hybridized carbons (Fsp3) is 0.0741. The molecule has 0 aliphatic carbocycles. The number of nitrogens with one attached hydrogen (secondary N) is 3. The van der Waals surface area contributed by atoms with Crippen LogP contribution in [0.2, 0.25) is 0 Å². The Kier molecular flexibility index (Phi) is 5.90. The summed E-state index contributed by atoms with van der Waals surface area (Å²) < 4.78 is 6.05. The fourth-order valence-electron chi connectivity index (χ4n) is 3.65. The Morgan fingerprint density at radius 3 is 2.74 bits per heavy atom. The van der Waals surface area contributed by atoms with Crippen molar-refractivity contribution in [1.29, 1.82) is 0 Å². The molecule has 2 heterocycles. The molecule has 7 heteroatoms. The number of rotatable bonds is 7. The van der Waals surface area contributed by atoms with Crippen molar-refractivity contribution in [3.05, 3.63) is 107 Å². The summed E-state index contributed by atoms with van der Waals surface area (Å²) in [6.07, 6.45) is 3.46. The van der Waals surface area contributed by atoms with E-state index in [4.69, 9.17) is 4.74 Å². The molecule has 0 atom stereocenters. The zero-order valence-electron chi connectivity index (χ0n) is 18.6. The first kappa shape index (κ1) is 21.2. The van der Waals surface area contributed by atoms with E-state index in [0.29, 0.717) is 23.7 Å². The third-order valence-corrected chi connectivity index (χ3v) is 5.49. The van der Waals surface area contributed by atoms with Gasteiger partial charge in [-0.1, -0.05) is 60.2 Å². The number of amides is 1. The van der Waals surface area contributed by atoms with Crippen LogP contribution in [0.1, 0.15) is 27.2 Å². The Balaban J connectivity index is 1.27. The second-order valence-electron chi connectivity index (χ2n) is 7.93. The van der Waals surface area contributed by atoms with Crippen LogP contribution in [0.25, 0.3) is 22.2 Å². The summed E-state index contributed by atoms with van der Waals surface area (Å²) in [6.45, 7) is 2.50. The molecule has 0 radical (unpaired) electrons. The van der Waals surface area contributed by atoms with Gasteiger partial charge in [0.1, 0.15) is 18.1 Å². The second kappa shape index (κ2) is 9.46. The van der Waals surface area contributed by atoms with Gasteiger partial charge in [-0.25, -0.2) is 5.43 Å². The third kappa shape index (κ3) is 4.59. The summed E-state index contributed by atoms with van der Waals surface area (Å²) in [4.78, 5) is 15.7. The van der Waals surface area contributed by atoms with Gasteiger partial charge in [0.15, 0.2) is 0 Å². The predicted molar refractivity (Wildman–Crippen MR) is 133 cm³/mol. The third-order valence-electron chi connectivity index (χ3n) is 5.49. The number of benzene rings is 3. The first-order valence-electron chi connectivity index (χ1n) is 10.9. The van der Waals surface area contributed by atoms with Crippen molar-refractivity contribution >= 4 is 23.0 Å². The van der Waals surface area contributed by atoms with Gasteiger partial charge in [0.25, 0.3) is 5.91 Å². The number of aromatic amines is 2. The topological polar surface area (TPSA) is 95.2 Å². The first-order chi connectivity index (χ1) is 16.7. The number of H-pyrrole nitrogens is 2. The molecule has 3 aromatic carbocycles. The standard InChI is InChI=1S/C27H23N5O2/c1-18-10-12-19(13-11-18)17-34-26-9-5-3-7-22(26)24-14-25(31-30-24)27(33)32-29-16-20-15-28-23-8-4-2-6-21(20)23/h2-16,28H,17H2,1H3,(H,30,31)(H,32,33). The number of hydrogen-bond donors (Lipinski definition) is 3. The Bertz CT molecular complexity index is 1460. The van der Waals surface area contributed by atoms with Crippen molar-refractivity contribution in [2.75, 3.05) is 0 Å². The fourth-order valence-corrected chi connectivity index (χ4v) is 3.65. The molecule has 2 aromatic heterocycles. The lowest BCUT2D eigenvalue weighted by molar-refractivity contribution is 0.0950. The molecule has 5 rings (SSSR count). The number of para-hydroxylation sites is 2. The van der Waals surface area contributed by atoms with Crippen LogP contribution in [-0.2, 0) is 6.61 Å². The van der Waals surface area contributed by atoms with Gasteiger partial charge in [0.2, 0.25) is 0 Å². The van der Waals surface area contributed by atoms with Gasteiger partial charge < -0.3 is 9.72 Å². The average molecular weight is 450 g/mol. The molecule has 0 saturated carbocycles. The van der Waals surface area contributed by atoms with Crippen LogP contribution < -0.4 is 10.2 Å². The predicted octanol–water partition coefficient (Wildman–Crippen LogP) is 5.21. The zero-order chi connectivity index (χ0) is 23.3. The number of fused-ring (bicyclic) bond motifs is 1.